The quantitative estimate of drug-likeness (QED) is 0.338. The lowest BCUT2D eigenvalue weighted by Crippen LogP contribution is -2.38. The van der Waals surface area contributed by atoms with Crippen LogP contribution in [0.25, 0.3) is 32.8 Å². The third-order valence-electron chi connectivity index (χ3n) is 6.64. The number of aromatic amines is 1. The number of carbonyl (C=O) groups is 1. The maximum absolute atomic E-state index is 13.7. The van der Waals surface area contributed by atoms with E-state index in [1.807, 2.05) is 6.07 Å². The predicted octanol–water partition coefficient (Wildman–Crippen LogP) is 5.69. The zero-order chi connectivity index (χ0) is 24.7. The SMILES string of the molecule is CC(OCC1CC(Oc2nc(C(C)C)c(-c3ccc(F)cc3)c3cc4cn[nH]c4cc23)C1)C(=O)O. The molecule has 35 heavy (non-hydrogen) atoms. The van der Waals surface area contributed by atoms with Crippen molar-refractivity contribution in [3.05, 3.63) is 54.1 Å². The number of halogens is 1. The molecule has 1 atom stereocenters. The van der Waals surface area contributed by atoms with E-state index in [2.05, 4.69) is 30.1 Å². The lowest BCUT2D eigenvalue weighted by Gasteiger charge is -2.35. The van der Waals surface area contributed by atoms with Gasteiger partial charge in [-0.1, -0.05) is 26.0 Å². The first-order chi connectivity index (χ1) is 16.8. The number of carboxylic acid groups (broad SMARTS) is 1. The highest BCUT2D eigenvalue weighted by molar-refractivity contribution is 6.06. The molecule has 1 fully saturated rings. The molecule has 1 saturated carbocycles. The molecule has 4 aromatic rings. The van der Waals surface area contributed by atoms with E-state index < -0.39 is 12.1 Å². The van der Waals surface area contributed by atoms with Gasteiger partial charge in [0.15, 0.2) is 6.10 Å². The molecule has 2 aromatic carbocycles. The molecule has 0 amide bonds. The van der Waals surface area contributed by atoms with E-state index in [4.69, 9.17) is 19.6 Å². The molecule has 0 saturated heterocycles. The van der Waals surface area contributed by atoms with Crippen molar-refractivity contribution in [1.82, 2.24) is 15.2 Å². The van der Waals surface area contributed by atoms with Gasteiger partial charge in [-0.05, 0) is 66.8 Å². The normalized spacial score (nSPS) is 18.7. The number of ether oxygens (including phenoxy) is 2. The predicted molar refractivity (Wildman–Crippen MR) is 131 cm³/mol. The van der Waals surface area contributed by atoms with E-state index in [9.17, 15) is 9.18 Å². The lowest BCUT2D eigenvalue weighted by atomic mass is 9.83. The Bertz CT molecular complexity index is 1380. The summed E-state index contributed by atoms with van der Waals surface area (Å²) in [5, 5.41) is 19.0. The monoisotopic (exact) mass is 477 g/mol. The van der Waals surface area contributed by atoms with Crippen molar-refractivity contribution in [2.24, 2.45) is 5.92 Å². The van der Waals surface area contributed by atoms with Gasteiger partial charge in [0.05, 0.1) is 24.0 Å². The number of rotatable bonds is 8. The molecule has 8 heteroatoms. The Labute approximate surface area is 202 Å². The summed E-state index contributed by atoms with van der Waals surface area (Å²) in [5.41, 5.74) is 3.63. The van der Waals surface area contributed by atoms with Crippen molar-refractivity contribution in [3.8, 4) is 17.0 Å². The summed E-state index contributed by atoms with van der Waals surface area (Å²) in [5.74, 6) is -0.303. The third-order valence-corrected chi connectivity index (χ3v) is 6.64. The maximum atomic E-state index is 13.7. The smallest absolute Gasteiger partial charge is 0.332 e. The summed E-state index contributed by atoms with van der Waals surface area (Å²) in [6.45, 7) is 6.11. The summed E-state index contributed by atoms with van der Waals surface area (Å²) in [4.78, 5) is 15.9. The van der Waals surface area contributed by atoms with Crippen LogP contribution in [0, 0.1) is 11.7 Å². The van der Waals surface area contributed by atoms with E-state index in [0.717, 1.165) is 51.3 Å². The summed E-state index contributed by atoms with van der Waals surface area (Å²) < 4.78 is 25.5. The largest absolute Gasteiger partial charge is 0.479 e. The molecule has 1 aliphatic carbocycles. The first-order valence-corrected chi connectivity index (χ1v) is 11.9. The van der Waals surface area contributed by atoms with Gasteiger partial charge in [0.2, 0.25) is 5.88 Å². The molecule has 1 unspecified atom stereocenters. The molecule has 7 nitrogen and oxygen atoms in total. The standard InChI is InChI=1S/C27H28FN3O4/c1-14(2)25-24(17-4-6-19(28)7-5-17)21-10-18-12-29-31-23(18)11-22(21)26(30-25)35-20-8-16(9-20)13-34-15(3)27(32)33/h4-7,10-12,14-16,20H,8-9,13H2,1-3H3,(H,29,31)(H,32,33). The second-order valence-corrected chi connectivity index (χ2v) is 9.58. The number of pyridine rings is 1. The Balaban J connectivity index is 1.51. The van der Waals surface area contributed by atoms with Gasteiger partial charge >= 0.3 is 5.97 Å². The molecule has 2 N–H and O–H groups in total. The Hall–Kier alpha value is -3.52. The maximum Gasteiger partial charge on any atom is 0.332 e. The number of carboxylic acids is 1. The number of H-pyrrole nitrogens is 1. The van der Waals surface area contributed by atoms with Crippen molar-refractivity contribution in [2.75, 3.05) is 6.61 Å². The molecule has 2 heterocycles. The molecule has 2 aromatic heterocycles. The molecule has 5 rings (SSSR count). The topological polar surface area (TPSA) is 97.3 Å². The molecule has 0 aliphatic heterocycles. The van der Waals surface area contributed by atoms with Crippen LogP contribution in [-0.4, -0.2) is 45.1 Å². The van der Waals surface area contributed by atoms with E-state index in [0.29, 0.717) is 12.5 Å². The van der Waals surface area contributed by atoms with Crippen LogP contribution in [0.15, 0.2) is 42.6 Å². The minimum atomic E-state index is -0.958. The fourth-order valence-corrected chi connectivity index (χ4v) is 4.58. The number of aliphatic carboxylic acids is 1. The first-order valence-electron chi connectivity index (χ1n) is 11.9. The molecule has 182 valence electrons. The summed E-state index contributed by atoms with van der Waals surface area (Å²) in [7, 11) is 0. The van der Waals surface area contributed by atoms with Crippen molar-refractivity contribution in [2.45, 2.75) is 51.7 Å². The van der Waals surface area contributed by atoms with Crippen LogP contribution in [0.2, 0.25) is 0 Å². The Morgan fingerprint density at radius 2 is 1.91 bits per heavy atom. The van der Waals surface area contributed by atoms with Crippen molar-refractivity contribution < 1.29 is 23.8 Å². The number of hydrogen-bond donors (Lipinski definition) is 2. The summed E-state index contributed by atoms with van der Waals surface area (Å²) in [6.07, 6.45) is 2.50. The van der Waals surface area contributed by atoms with Crippen LogP contribution in [0.1, 0.15) is 45.2 Å². The van der Waals surface area contributed by atoms with Gasteiger partial charge in [0, 0.05) is 16.3 Å². The summed E-state index contributed by atoms with van der Waals surface area (Å²) >= 11 is 0. The zero-order valence-electron chi connectivity index (χ0n) is 19.9. The van der Waals surface area contributed by atoms with Gasteiger partial charge in [-0.25, -0.2) is 14.2 Å². The van der Waals surface area contributed by atoms with Crippen molar-refractivity contribution >= 4 is 27.6 Å². The Morgan fingerprint density at radius 1 is 1.17 bits per heavy atom. The Morgan fingerprint density at radius 3 is 2.60 bits per heavy atom. The fourth-order valence-electron chi connectivity index (χ4n) is 4.58. The van der Waals surface area contributed by atoms with Gasteiger partial charge in [0.25, 0.3) is 0 Å². The van der Waals surface area contributed by atoms with Gasteiger partial charge in [0.1, 0.15) is 11.9 Å². The van der Waals surface area contributed by atoms with E-state index in [-0.39, 0.29) is 23.8 Å². The minimum Gasteiger partial charge on any atom is -0.479 e. The molecular weight excluding hydrogens is 449 g/mol. The number of hydrogen-bond acceptors (Lipinski definition) is 5. The number of nitrogens with zero attached hydrogens (tertiary/aromatic N) is 2. The number of nitrogens with one attached hydrogen (secondary N) is 1. The van der Waals surface area contributed by atoms with E-state index in [1.165, 1.54) is 19.1 Å². The number of fused-ring (bicyclic) bond motifs is 2. The van der Waals surface area contributed by atoms with Crippen LogP contribution < -0.4 is 4.74 Å². The van der Waals surface area contributed by atoms with E-state index in [1.54, 1.807) is 18.3 Å². The van der Waals surface area contributed by atoms with Gasteiger partial charge in [-0.15, -0.1) is 0 Å². The number of aromatic nitrogens is 3. The van der Waals surface area contributed by atoms with Crippen LogP contribution >= 0.6 is 0 Å². The molecular formula is C27H28FN3O4. The summed E-state index contributed by atoms with van der Waals surface area (Å²) in [6, 6.07) is 10.6. The van der Waals surface area contributed by atoms with Crippen molar-refractivity contribution in [1.29, 1.82) is 0 Å². The van der Waals surface area contributed by atoms with Crippen molar-refractivity contribution in [3.63, 3.8) is 0 Å². The van der Waals surface area contributed by atoms with Gasteiger partial charge in [-0.3, -0.25) is 5.10 Å². The molecule has 0 bridgehead atoms. The zero-order valence-corrected chi connectivity index (χ0v) is 19.9. The first kappa shape index (κ1) is 23.2. The van der Waals surface area contributed by atoms with Crippen LogP contribution in [0.5, 0.6) is 5.88 Å². The highest BCUT2D eigenvalue weighted by Gasteiger charge is 2.33. The highest BCUT2D eigenvalue weighted by atomic mass is 19.1. The van der Waals surface area contributed by atoms with Gasteiger partial charge < -0.3 is 14.6 Å². The van der Waals surface area contributed by atoms with Crippen LogP contribution in [-0.2, 0) is 9.53 Å². The van der Waals surface area contributed by atoms with E-state index >= 15 is 0 Å². The average molecular weight is 478 g/mol. The fraction of sp³-hybridized carbons (Fsp3) is 0.370. The van der Waals surface area contributed by atoms with Gasteiger partial charge in [-0.2, -0.15) is 5.10 Å². The van der Waals surface area contributed by atoms with Crippen LogP contribution in [0.4, 0.5) is 4.39 Å². The second-order valence-electron chi connectivity index (χ2n) is 9.58. The lowest BCUT2D eigenvalue weighted by molar-refractivity contribution is -0.151. The highest BCUT2D eigenvalue weighted by Crippen LogP contribution is 2.42. The van der Waals surface area contributed by atoms with Crippen LogP contribution in [0.3, 0.4) is 0 Å². The molecule has 0 radical (unpaired) electrons. The second kappa shape index (κ2) is 9.26. The third kappa shape index (κ3) is 4.58. The average Bonchev–Trinajstić information content (AvgIpc) is 3.26. The molecule has 0 spiro atoms. The molecule has 1 aliphatic rings. The number of benzene rings is 2. The Kier molecular flexibility index (Phi) is 6.15. The minimum absolute atomic E-state index is 0.0198.